The molecular weight excluding hydrogens is 318 g/mol. The van der Waals surface area contributed by atoms with Gasteiger partial charge in [0.25, 0.3) is 5.91 Å². The standard InChI is InChI=1S/C16H18ClN3O3/c1-23-8-2-7-20-9-12-13(15(20)21)14(19-16(22)18-12)10-3-5-11(17)6-4-10/h3-6,14H,2,7-9H2,1H3,(H2,18,19,22)/t14-/m1/s1. The summed E-state index contributed by atoms with van der Waals surface area (Å²) in [6.45, 7) is 1.62. The maximum Gasteiger partial charge on any atom is 0.319 e. The van der Waals surface area contributed by atoms with Crippen molar-refractivity contribution in [2.45, 2.75) is 12.5 Å². The molecule has 1 atom stereocenters. The summed E-state index contributed by atoms with van der Waals surface area (Å²) in [6.07, 6.45) is 0.760. The number of methoxy groups -OCH3 is 1. The highest BCUT2D eigenvalue weighted by atomic mass is 35.5. The molecule has 2 N–H and O–H groups in total. The van der Waals surface area contributed by atoms with Gasteiger partial charge in [-0.05, 0) is 24.1 Å². The third-order valence-electron chi connectivity index (χ3n) is 4.00. The predicted molar refractivity (Wildman–Crippen MR) is 86.0 cm³/mol. The Kier molecular flexibility index (Phi) is 4.54. The van der Waals surface area contributed by atoms with Gasteiger partial charge in [-0.3, -0.25) is 4.79 Å². The first kappa shape index (κ1) is 15.8. The quantitative estimate of drug-likeness (QED) is 0.806. The van der Waals surface area contributed by atoms with Gasteiger partial charge in [0.15, 0.2) is 0 Å². The number of amides is 3. The van der Waals surface area contributed by atoms with Crippen LogP contribution in [0.4, 0.5) is 4.79 Å². The van der Waals surface area contributed by atoms with E-state index in [2.05, 4.69) is 10.6 Å². The molecule has 122 valence electrons. The van der Waals surface area contributed by atoms with Crippen LogP contribution in [0.25, 0.3) is 0 Å². The van der Waals surface area contributed by atoms with Crippen molar-refractivity contribution < 1.29 is 14.3 Å². The highest BCUT2D eigenvalue weighted by molar-refractivity contribution is 6.30. The van der Waals surface area contributed by atoms with Crippen LogP contribution in [0.5, 0.6) is 0 Å². The Morgan fingerprint density at radius 1 is 1.30 bits per heavy atom. The Bertz CT molecular complexity index is 657. The maximum absolute atomic E-state index is 12.7. The summed E-state index contributed by atoms with van der Waals surface area (Å²) in [7, 11) is 1.63. The van der Waals surface area contributed by atoms with Gasteiger partial charge in [-0.2, -0.15) is 0 Å². The molecule has 23 heavy (non-hydrogen) atoms. The second-order valence-electron chi connectivity index (χ2n) is 5.55. The van der Waals surface area contributed by atoms with Crippen molar-refractivity contribution in [1.82, 2.24) is 15.5 Å². The molecule has 0 aliphatic carbocycles. The van der Waals surface area contributed by atoms with Gasteiger partial charge in [0.1, 0.15) is 0 Å². The van der Waals surface area contributed by atoms with E-state index in [4.69, 9.17) is 16.3 Å². The van der Waals surface area contributed by atoms with Crippen LogP contribution < -0.4 is 10.6 Å². The Morgan fingerprint density at radius 3 is 2.74 bits per heavy atom. The average molecular weight is 336 g/mol. The van der Waals surface area contributed by atoms with E-state index in [0.29, 0.717) is 36.0 Å². The summed E-state index contributed by atoms with van der Waals surface area (Å²) >= 11 is 5.91. The Hall–Kier alpha value is -2.05. The molecule has 2 aliphatic rings. The van der Waals surface area contributed by atoms with Gasteiger partial charge in [0, 0.05) is 25.3 Å². The number of nitrogens with one attached hydrogen (secondary N) is 2. The number of halogens is 1. The number of rotatable bonds is 5. The molecule has 1 aromatic rings. The fourth-order valence-electron chi connectivity index (χ4n) is 2.91. The zero-order valence-electron chi connectivity index (χ0n) is 12.8. The lowest BCUT2D eigenvalue weighted by atomic mass is 9.96. The first-order valence-electron chi connectivity index (χ1n) is 7.44. The number of carbonyl (C=O) groups excluding carboxylic acids is 2. The number of carbonyl (C=O) groups is 2. The van der Waals surface area contributed by atoms with Crippen LogP contribution in [-0.4, -0.2) is 43.6 Å². The molecule has 6 nitrogen and oxygen atoms in total. The molecule has 2 aliphatic heterocycles. The summed E-state index contributed by atoms with van der Waals surface area (Å²) in [5.41, 5.74) is 2.12. The van der Waals surface area contributed by atoms with Crippen LogP contribution in [0.2, 0.25) is 5.02 Å². The van der Waals surface area contributed by atoms with Crippen LogP contribution in [0.1, 0.15) is 18.0 Å². The molecule has 0 bridgehead atoms. The van der Waals surface area contributed by atoms with Gasteiger partial charge in [-0.15, -0.1) is 0 Å². The number of ether oxygens (including phenoxy) is 1. The molecule has 3 amide bonds. The molecule has 7 heteroatoms. The molecule has 0 saturated carbocycles. The summed E-state index contributed by atoms with van der Waals surface area (Å²) < 4.78 is 5.03. The zero-order valence-corrected chi connectivity index (χ0v) is 13.5. The van der Waals surface area contributed by atoms with Crippen LogP contribution in [-0.2, 0) is 9.53 Å². The molecule has 0 radical (unpaired) electrons. The second kappa shape index (κ2) is 6.60. The van der Waals surface area contributed by atoms with Crippen LogP contribution >= 0.6 is 11.6 Å². The number of hydrogen-bond acceptors (Lipinski definition) is 3. The van der Waals surface area contributed by atoms with Crippen molar-refractivity contribution in [3.8, 4) is 0 Å². The minimum absolute atomic E-state index is 0.0523. The van der Waals surface area contributed by atoms with Gasteiger partial charge in [-0.25, -0.2) is 4.79 Å². The monoisotopic (exact) mass is 335 g/mol. The van der Waals surface area contributed by atoms with Gasteiger partial charge in [-0.1, -0.05) is 23.7 Å². The normalized spacial score (nSPS) is 20.4. The number of nitrogens with zero attached hydrogens (tertiary/aromatic N) is 1. The van der Waals surface area contributed by atoms with E-state index in [-0.39, 0.29) is 11.9 Å². The van der Waals surface area contributed by atoms with Crippen molar-refractivity contribution in [2.75, 3.05) is 26.8 Å². The molecule has 3 rings (SSSR count). The van der Waals surface area contributed by atoms with E-state index in [1.54, 1.807) is 24.1 Å². The van der Waals surface area contributed by atoms with Crippen LogP contribution in [0.3, 0.4) is 0 Å². The number of benzene rings is 1. The van der Waals surface area contributed by atoms with Gasteiger partial charge < -0.3 is 20.3 Å². The van der Waals surface area contributed by atoms with Crippen LogP contribution in [0, 0.1) is 0 Å². The van der Waals surface area contributed by atoms with E-state index >= 15 is 0 Å². The summed E-state index contributed by atoms with van der Waals surface area (Å²) in [4.78, 5) is 26.3. The van der Waals surface area contributed by atoms with Crippen molar-refractivity contribution in [3.63, 3.8) is 0 Å². The molecule has 0 fully saturated rings. The highest BCUT2D eigenvalue weighted by Crippen LogP contribution is 2.32. The fourth-order valence-corrected chi connectivity index (χ4v) is 3.04. The Labute approximate surface area is 139 Å². The van der Waals surface area contributed by atoms with Crippen molar-refractivity contribution in [3.05, 3.63) is 46.1 Å². The molecule has 1 aromatic carbocycles. The van der Waals surface area contributed by atoms with Crippen molar-refractivity contribution in [1.29, 1.82) is 0 Å². The molecule has 0 saturated heterocycles. The molecule has 0 aromatic heterocycles. The zero-order chi connectivity index (χ0) is 16.4. The Morgan fingerprint density at radius 2 is 2.04 bits per heavy atom. The second-order valence-corrected chi connectivity index (χ2v) is 5.98. The van der Waals surface area contributed by atoms with E-state index in [9.17, 15) is 9.59 Å². The van der Waals surface area contributed by atoms with E-state index < -0.39 is 6.04 Å². The molecule has 2 heterocycles. The predicted octanol–water partition coefficient (Wildman–Crippen LogP) is 1.83. The lowest BCUT2D eigenvalue weighted by Crippen LogP contribution is -2.44. The van der Waals surface area contributed by atoms with Crippen molar-refractivity contribution in [2.24, 2.45) is 0 Å². The van der Waals surface area contributed by atoms with Gasteiger partial charge in [0.05, 0.1) is 23.9 Å². The third kappa shape index (κ3) is 3.18. The Balaban J connectivity index is 1.84. The lowest BCUT2D eigenvalue weighted by molar-refractivity contribution is -0.125. The molecule has 0 spiro atoms. The average Bonchev–Trinajstić information content (AvgIpc) is 2.84. The minimum Gasteiger partial charge on any atom is -0.385 e. The number of urea groups is 1. The summed E-state index contributed by atoms with van der Waals surface area (Å²) in [5.74, 6) is -0.0523. The maximum atomic E-state index is 12.7. The number of hydrogen-bond donors (Lipinski definition) is 2. The van der Waals surface area contributed by atoms with Gasteiger partial charge >= 0.3 is 6.03 Å². The van der Waals surface area contributed by atoms with E-state index in [1.165, 1.54) is 0 Å². The SMILES string of the molecule is COCCCN1CC2=C(C1=O)[C@@H](c1ccc(Cl)cc1)NC(=O)N2. The van der Waals surface area contributed by atoms with Crippen LogP contribution in [0.15, 0.2) is 35.5 Å². The fraction of sp³-hybridized carbons (Fsp3) is 0.375. The third-order valence-corrected chi connectivity index (χ3v) is 4.25. The van der Waals surface area contributed by atoms with E-state index in [1.807, 2.05) is 12.1 Å². The molecular formula is C16H18ClN3O3. The summed E-state index contributed by atoms with van der Waals surface area (Å²) in [5, 5.41) is 6.18. The smallest absolute Gasteiger partial charge is 0.319 e. The first-order chi connectivity index (χ1) is 11.1. The van der Waals surface area contributed by atoms with E-state index in [0.717, 1.165) is 12.0 Å². The molecule has 0 unspecified atom stereocenters. The first-order valence-corrected chi connectivity index (χ1v) is 7.82. The lowest BCUT2D eigenvalue weighted by Gasteiger charge is -2.25. The largest absolute Gasteiger partial charge is 0.385 e. The highest BCUT2D eigenvalue weighted by Gasteiger charge is 2.39. The minimum atomic E-state index is -0.448. The van der Waals surface area contributed by atoms with Gasteiger partial charge in [0.2, 0.25) is 0 Å². The van der Waals surface area contributed by atoms with Crippen molar-refractivity contribution >= 4 is 23.5 Å². The summed E-state index contributed by atoms with van der Waals surface area (Å²) in [6, 6.07) is 6.40. The topological polar surface area (TPSA) is 70.7 Å².